The summed E-state index contributed by atoms with van der Waals surface area (Å²) in [6, 6.07) is 10.3. The molecule has 3 N–H and O–H groups in total. The lowest BCUT2D eigenvalue weighted by molar-refractivity contribution is -0.124. The normalized spacial score (nSPS) is 10.9. The Labute approximate surface area is 180 Å². The van der Waals surface area contributed by atoms with E-state index in [1.165, 1.54) is 36.6 Å². The van der Waals surface area contributed by atoms with Crippen molar-refractivity contribution >= 4 is 52.3 Å². The smallest absolute Gasteiger partial charge is 0.335 e. The van der Waals surface area contributed by atoms with Crippen LogP contribution >= 0.6 is 11.6 Å². The van der Waals surface area contributed by atoms with Gasteiger partial charge in [-0.2, -0.15) is 5.10 Å². The maximum atomic E-state index is 12.4. The van der Waals surface area contributed by atoms with E-state index in [2.05, 4.69) is 15.8 Å². The van der Waals surface area contributed by atoms with Gasteiger partial charge >= 0.3 is 5.97 Å². The molecule has 0 radical (unpaired) electrons. The van der Waals surface area contributed by atoms with Crippen molar-refractivity contribution in [1.82, 2.24) is 5.43 Å². The molecule has 0 saturated carbocycles. The number of halogens is 1. The lowest BCUT2D eigenvalue weighted by Crippen LogP contribution is -2.21. The molecule has 0 bridgehead atoms. The van der Waals surface area contributed by atoms with Gasteiger partial charge in [-0.1, -0.05) is 11.6 Å². The Morgan fingerprint density at radius 2 is 1.77 bits per heavy atom. The summed E-state index contributed by atoms with van der Waals surface area (Å²) >= 11 is 5.89. The molecule has 9 nitrogen and oxygen atoms in total. The van der Waals surface area contributed by atoms with Gasteiger partial charge in [0.2, 0.25) is 17.2 Å². The van der Waals surface area contributed by atoms with Gasteiger partial charge in [0.25, 0.3) is 0 Å². The number of nitrogens with one attached hydrogen (secondary N) is 2. The van der Waals surface area contributed by atoms with Gasteiger partial charge in [-0.15, -0.1) is 0 Å². The first-order chi connectivity index (χ1) is 14.8. The fourth-order valence-electron chi connectivity index (χ4n) is 2.58. The average Bonchev–Trinajstić information content (AvgIpc) is 2.74. The zero-order valence-electron chi connectivity index (χ0n) is 15.9. The number of carboxylic acid groups (broad SMARTS) is 1. The molecule has 0 unspecified atom stereocenters. The molecular weight excluding hydrogens is 426 g/mol. The van der Waals surface area contributed by atoms with Crippen molar-refractivity contribution < 1.29 is 23.9 Å². The van der Waals surface area contributed by atoms with Crippen molar-refractivity contribution in [2.75, 3.05) is 5.32 Å². The van der Waals surface area contributed by atoms with Gasteiger partial charge in [-0.3, -0.25) is 14.4 Å². The Hall–Kier alpha value is -3.98. The Morgan fingerprint density at radius 1 is 1.06 bits per heavy atom. The maximum Gasteiger partial charge on any atom is 0.335 e. The van der Waals surface area contributed by atoms with Gasteiger partial charge in [0.15, 0.2) is 0 Å². The molecule has 3 rings (SSSR count). The van der Waals surface area contributed by atoms with Crippen molar-refractivity contribution in [1.29, 1.82) is 0 Å². The van der Waals surface area contributed by atoms with Crippen LogP contribution in [-0.4, -0.2) is 29.1 Å². The third-order valence-electron chi connectivity index (χ3n) is 4.15. The first-order valence-electron chi connectivity index (χ1n) is 8.99. The van der Waals surface area contributed by atoms with Crippen LogP contribution in [0, 0.1) is 0 Å². The number of aromatic carboxylic acids is 1. The number of hydrazone groups is 1. The minimum Gasteiger partial charge on any atom is -0.478 e. The molecule has 158 valence electrons. The molecule has 0 spiro atoms. The topological polar surface area (TPSA) is 138 Å². The van der Waals surface area contributed by atoms with E-state index in [1.54, 1.807) is 12.1 Å². The van der Waals surface area contributed by atoms with Crippen LogP contribution in [0.3, 0.4) is 0 Å². The van der Waals surface area contributed by atoms with Crippen LogP contribution in [0.1, 0.15) is 28.8 Å². The number of hydrogen-bond donors (Lipinski definition) is 3. The molecule has 0 atom stereocenters. The summed E-state index contributed by atoms with van der Waals surface area (Å²) in [5.74, 6) is -2.02. The summed E-state index contributed by atoms with van der Waals surface area (Å²) in [7, 11) is 0. The number of anilines is 1. The zero-order valence-corrected chi connectivity index (χ0v) is 16.7. The van der Waals surface area contributed by atoms with E-state index in [-0.39, 0.29) is 34.8 Å². The highest BCUT2D eigenvalue weighted by atomic mass is 35.5. The van der Waals surface area contributed by atoms with Crippen molar-refractivity contribution in [3.63, 3.8) is 0 Å². The highest BCUT2D eigenvalue weighted by Crippen LogP contribution is 2.16. The van der Waals surface area contributed by atoms with Crippen LogP contribution in [0.15, 0.2) is 63.0 Å². The van der Waals surface area contributed by atoms with Gasteiger partial charge in [0.05, 0.1) is 22.7 Å². The van der Waals surface area contributed by atoms with E-state index >= 15 is 0 Å². The first kappa shape index (κ1) is 21.7. The van der Waals surface area contributed by atoms with E-state index in [9.17, 15) is 19.2 Å². The van der Waals surface area contributed by atoms with Gasteiger partial charge < -0.3 is 14.8 Å². The lowest BCUT2D eigenvalue weighted by Gasteiger charge is -2.05. The summed E-state index contributed by atoms with van der Waals surface area (Å²) in [6.45, 7) is 0. The monoisotopic (exact) mass is 441 g/mol. The van der Waals surface area contributed by atoms with Crippen LogP contribution in [0.4, 0.5) is 5.69 Å². The van der Waals surface area contributed by atoms with E-state index in [4.69, 9.17) is 21.1 Å². The summed E-state index contributed by atoms with van der Waals surface area (Å²) in [6.07, 6.45) is 2.11. The molecular formula is C21H16ClN3O6. The van der Waals surface area contributed by atoms with Gasteiger partial charge in [0, 0.05) is 23.6 Å². The number of nitrogens with zero attached hydrogens (tertiary/aromatic N) is 1. The van der Waals surface area contributed by atoms with Crippen molar-refractivity contribution in [3.8, 4) is 0 Å². The molecule has 3 aromatic rings. The van der Waals surface area contributed by atoms with E-state index in [0.717, 1.165) is 6.21 Å². The summed E-state index contributed by atoms with van der Waals surface area (Å²) in [5, 5.41) is 15.8. The summed E-state index contributed by atoms with van der Waals surface area (Å²) < 4.78 is 5.34. The molecule has 0 aliphatic carbocycles. The third-order valence-corrected chi connectivity index (χ3v) is 4.38. The minimum atomic E-state index is -1.07. The highest BCUT2D eigenvalue weighted by Gasteiger charge is 2.09. The highest BCUT2D eigenvalue weighted by molar-refractivity contribution is 6.31. The Kier molecular flexibility index (Phi) is 6.78. The summed E-state index contributed by atoms with van der Waals surface area (Å²) in [5.41, 5.74) is 2.89. The predicted octanol–water partition coefficient (Wildman–Crippen LogP) is 3.01. The number of carbonyl (C=O) groups is 3. The van der Waals surface area contributed by atoms with Crippen LogP contribution in [0.2, 0.25) is 5.02 Å². The van der Waals surface area contributed by atoms with Crippen LogP contribution < -0.4 is 16.2 Å². The van der Waals surface area contributed by atoms with E-state index < -0.39 is 17.8 Å². The first-order valence-corrected chi connectivity index (χ1v) is 9.37. The third kappa shape index (κ3) is 5.77. The average molecular weight is 442 g/mol. The van der Waals surface area contributed by atoms with Crippen LogP contribution in [0.5, 0.6) is 0 Å². The molecule has 0 aliphatic rings. The van der Waals surface area contributed by atoms with E-state index in [1.807, 2.05) is 0 Å². The molecule has 0 saturated heterocycles. The van der Waals surface area contributed by atoms with Crippen molar-refractivity contribution in [2.45, 2.75) is 12.8 Å². The number of carboxylic acids is 1. The number of amides is 2. The molecule has 31 heavy (non-hydrogen) atoms. The second-order valence-corrected chi connectivity index (χ2v) is 6.82. The molecule has 0 aliphatic heterocycles. The number of fused-ring (bicyclic) bond motifs is 1. The van der Waals surface area contributed by atoms with Gasteiger partial charge in [-0.05, 0) is 42.5 Å². The second-order valence-electron chi connectivity index (χ2n) is 6.38. The Balaban J connectivity index is 1.51. The van der Waals surface area contributed by atoms with E-state index in [0.29, 0.717) is 16.3 Å². The second kappa shape index (κ2) is 9.68. The summed E-state index contributed by atoms with van der Waals surface area (Å²) in [4.78, 5) is 47.0. The van der Waals surface area contributed by atoms with Crippen molar-refractivity contribution in [3.05, 3.63) is 75.1 Å². The lowest BCUT2D eigenvalue weighted by atomic mass is 10.2. The maximum absolute atomic E-state index is 12.4. The molecule has 1 heterocycles. The molecule has 10 heteroatoms. The molecule has 1 aromatic heterocycles. The Bertz CT molecular complexity index is 1230. The van der Waals surface area contributed by atoms with Crippen LogP contribution in [-0.2, 0) is 9.59 Å². The molecule has 0 fully saturated rings. The molecule has 2 aromatic carbocycles. The van der Waals surface area contributed by atoms with Crippen molar-refractivity contribution in [2.24, 2.45) is 5.10 Å². The SMILES string of the molecule is O=C(CCC(=O)Nc1ccc(C(=O)O)cc1)NN=Cc1coc2ccc(Cl)cc2c1=O. The standard InChI is InChI=1S/C21H16ClN3O6/c22-14-3-6-17-16(9-14)20(28)13(11-31-17)10-23-25-19(27)8-7-18(26)24-15-4-1-12(2-5-15)21(29)30/h1-6,9-11H,7-8H2,(H,24,26)(H,25,27)(H,29,30). The fourth-order valence-corrected chi connectivity index (χ4v) is 2.76. The predicted molar refractivity (Wildman–Crippen MR) is 114 cm³/mol. The Morgan fingerprint density at radius 3 is 2.48 bits per heavy atom. The molecule has 2 amide bonds. The quantitative estimate of drug-likeness (QED) is 0.380. The zero-order chi connectivity index (χ0) is 22.4. The number of rotatable bonds is 7. The number of carbonyl (C=O) groups excluding carboxylic acids is 2. The number of hydrogen-bond acceptors (Lipinski definition) is 6. The van der Waals surface area contributed by atoms with Gasteiger partial charge in [-0.25, -0.2) is 10.2 Å². The fraction of sp³-hybridized carbons (Fsp3) is 0.0952. The largest absolute Gasteiger partial charge is 0.478 e. The minimum absolute atomic E-state index is 0.0961. The number of benzene rings is 2. The van der Waals surface area contributed by atoms with Crippen LogP contribution in [0.25, 0.3) is 11.0 Å². The van der Waals surface area contributed by atoms with Gasteiger partial charge in [0.1, 0.15) is 11.8 Å².